The van der Waals surface area contributed by atoms with E-state index in [1.54, 1.807) is 62.4 Å². The molecule has 2 amide bonds. The lowest BCUT2D eigenvalue weighted by molar-refractivity contribution is 0.0998. The molecule has 0 radical (unpaired) electrons. The topological polar surface area (TPSA) is 131 Å². The Hall–Kier alpha value is -4.77. The molecular formula is C27H23N5O3. The smallest absolute Gasteiger partial charge is 0.265 e. The van der Waals surface area contributed by atoms with Gasteiger partial charge in [-0.05, 0) is 68.3 Å². The average molecular weight is 466 g/mol. The summed E-state index contributed by atoms with van der Waals surface area (Å²) in [6.07, 6.45) is 1.35. The lowest BCUT2D eigenvalue weighted by Crippen LogP contribution is -2.22. The summed E-state index contributed by atoms with van der Waals surface area (Å²) >= 11 is 0. The van der Waals surface area contributed by atoms with Crippen molar-refractivity contribution in [2.75, 3.05) is 5.32 Å². The van der Waals surface area contributed by atoms with Crippen molar-refractivity contribution >= 4 is 28.4 Å². The fraction of sp³-hybridized carbons (Fsp3) is 0.148. The summed E-state index contributed by atoms with van der Waals surface area (Å²) in [4.78, 5) is 42.2. The number of aromatic nitrogens is 2. The van der Waals surface area contributed by atoms with E-state index in [-0.39, 0.29) is 27.9 Å². The monoisotopic (exact) mass is 465 g/mol. The third kappa shape index (κ3) is 4.39. The molecule has 0 fully saturated rings. The number of nitriles is 1. The number of para-hydroxylation sites is 1. The minimum Gasteiger partial charge on any atom is -0.366 e. The molecule has 3 N–H and O–H groups in total. The number of fused-ring (bicyclic) bond motifs is 1. The molecule has 0 atom stereocenters. The van der Waals surface area contributed by atoms with E-state index in [1.165, 1.54) is 17.0 Å². The van der Waals surface area contributed by atoms with Crippen molar-refractivity contribution in [1.29, 1.82) is 5.26 Å². The van der Waals surface area contributed by atoms with E-state index in [0.29, 0.717) is 16.9 Å². The van der Waals surface area contributed by atoms with Crippen LogP contribution in [-0.2, 0) is 5.41 Å². The predicted molar refractivity (Wildman–Crippen MR) is 134 cm³/mol. The van der Waals surface area contributed by atoms with Gasteiger partial charge in [-0.3, -0.25) is 19.0 Å². The minimum atomic E-state index is -0.730. The maximum Gasteiger partial charge on any atom is 0.265 e. The number of carbonyl (C=O) groups excluding carboxylic acids is 2. The molecular weight excluding hydrogens is 442 g/mol. The molecule has 0 saturated heterocycles. The summed E-state index contributed by atoms with van der Waals surface area (Å²) in [5, 5.41) is 12.5. The van der Waals surface area contributed by atoms with Crippen LogP contribution in [0.3, 0.4) is 0 Å². The van der Waals surface area contributed by atoms with Crippen molar-refractivity contribution in [3.05, 3.63) is 99.6 Å². The van der Waals surface area contributed by atoms with Gasteiger partial charge in [-0.25, -0.2) is 4.98 Å². The number of hydrogen-bond acceptors (Lipinski definition) is 5. The first-order valence-electron chi connectivity index (χ1n) is 10.9. The number of amides is 2. The largest absolute Gasteiger partial charge is 0.366 e. The summed E-state index contributed by atoms with van der Waals surface area (Å²) < 4.78 is 1.37. The molecule has 0 aliphatic carbocycles. The Labute approximate surface area is 201 Å². The molecule has 0 saturated carbocycles. The van der Waals surface area contributed by atoms with Crippen molar-refractivity contribution in [2.24, 2.45) is 5.73 Å². The summed E-state index contributed by atoms with van der Waals surface area (Å²) in [5.74, 6) is -1.01. The minimum absolute atomic E-state index is 0.172. The fourth-order valence-corrected chi connectivity index (χ4v) is 3.79. The van der Waals surface area contributed by atoms with E-state index in [2.05, 4.69) is 16.4 Å². The number of benzene rings is 3. The van der Waals surface area contributed by atoms with E-state index in [9.17, 15) is 19.6 Å². The van der Waals surface area contributed by atoms with Crippen LogP contribution in [0.2, 0.25) is 0 Å². The Morgan fingerprint density at radius 3 is 2.54 bits per heavy atom. The number of hydrogen-bond donors (Lipinski definition) is 2. The van der Waals surface area contributed by atoms with Crippen LogP contribution < -0.4 is 16.6 Å². The second kappa shape index (κ2) is 8.88. The van der Waals surface area contributed by atoms with E-state index >= 15 is 0 Å². The first kappa shape index (κ1) is 23.4. The number of anilines is 1. The SMILES string of the molecule is Cc1ccc(NC(=O)c2cccc(C(C)(C)C#N)c2)cc1-n1cnc2c(C(N)=O)cccc2c1=O. The predicted octanol–water partition coefficient (Wildman–Crippen LogP) is 3.85. The third-order valence-corrected chi connectivity index (χ3v) is 5.91. The molecule has 0 bridgehead atoms. The van der Waals surface area contributed by atoms with Gasteiger partial charge in [-0.1, -0.05) is 24.3 Å². The molecule has 4 aromatic rings. The second-order valence-corrected chi connectivity index (χ2v) is 8.76. The van der Waals surface area contributed by atoms with Crippen molar-refractivity contribution in [1.82, 2.24) is 9.55 Å². The Balaban J connectivity index is 1.71. The molecule has 8 nitrogen and oxygen atoms in total. The maximum atomic E-state index is 13.2. The lowest BCUT2D eigenvalue weighted by atomic mass is 9.85. The molecule has 1 heterocycles. The number of primary amides is 1. The van der Waals surface area contributed by atoms with Crippen molar-refractivity contribution < 1.29 is 9.59 Å². The zero-order valence-corrected chi connectivity index (χ0v) is 19.5. The number of nitrogens with zero attached hydrogens (tertiary/aromatic N) is 3. The summed E-state index contributed by atoms with van der Waals surface area (Å²) in [6.45, 7) is 5.42. The van der Waals surface area contributed by atoms with Crippen LogP contribution in [0, 0.1) is 18.3 Å². The van der Waals surface area contributed by atoms with Gasteiger partial charge < -0.3 is 11.1 Å². The van der Waals surface area contributed by atoms with Gasteiger partial charge >= 0.3 is 0 Å². The number of aryl methyl sites for hydroxylation is 1. The molecule has 0 aliphatic rings. The van der Waals surface area contributed by atoms with Gasteiger partial charge in [0.05, 0.1) is 33.6 Å². The highest BCUT2D eigenvalue weighted by atomic mass is 16.2. The van der Waals surface area contributed by atoms with E-state index in [0.717, 1.165) is 11.1 Å². The third-order valence-electron chi connectivity index (χ3n) is 5.91. The standard InChI is InChI=1S/C27H23N5O3/c1-16-10-11-19(31-25(34)17-6-4-7-18(12-17)27(2,3)14-28)13-22(16)32-15-30-23-20(24(29)33)8-5-9-21(23)26(32)35/h4-13,15H,1-3H3,(H2,29,33)(H,31,34). The highest BCUT2D eigenvalue weighted by molar-refractivity contribution is 6.05. The van der Waals surface area contributed by atoms with E-state index < -0.39 is 11.3 Å². The van der Waals surface area contributed by atoms with Gasteiger partial charge in [0, 0.05) is 11.3 Å². The molecule has 4 rings (SSSR count). The molecule has 8 heteroatoms. The van der Waals surface area contributed by atoms with Crippen molar-refractivity contribution in [3.63, 3.8) is 0 Å². The first-order valence-corrected chi connectivity index (χ1v) is 10.9. The average Bonchev–Trinajstić information content (AvgIpc) is 2.85. The summed E-state index contributed by atoms with van der Waals surface area (Å²) in [6, 6.07) is 19.1. The molecule has 0 unspecified atom stereocenters. The Bertz CT molecular complexity index is 1590. The van der Waals surface area contributed by atoms with Gasteiger partial charge in [0.2, 0.25) is 0 Å². The molecule has 3 aromatic carbocycles. The number of nitrogens with two attached hydrogens (primary N) is 1. The fourth-order valence-electron chi connectivity index (χ4n) is 3.79. The lowest BCUT2D eigenvalue weighted by Gasteiger charge is -2.17. The molecule has 174 valence electrons. The van der Waals surface area contributed by atoms with Crippen LogP contribution in [0.1, 0.15) is 45.7 Å². The summed E-state index contributed by atoms with van der Waals surface area (Å²) in [7, 11) is 0. The Kier molecular flexibility index (Phi) is 5.93. The van der Waals surface area contributed by atoms with Crippen LogP contribution >= 0.6 is 0 Å². The molecule has 1 aromatic heterocycles. The molecule has 0 spiro atoms. The van der Waals surface area contributed by atoms with Crippen LogP contribution in [0.25, 0.3) is 16.6 Å². The van der Waals surface area contributed by atoms with E-state index in [4.69, 9.17) is 5.73 Å². The van der Waals surface area contributed by atoms with Crippen LogP contribution in [-0.4, -0.2) is 21.4 Å². The number of nitrogens with one attached hydrogen (secondary N) is 1. The molecule has 0 aliphatic heterocycles. The first-order chi connectivity index (χ1) is 16.6. The van der Waals surface area contributed by atoms with Gasteiger partial charge in [-0.2, -0.15) is 5.26 Å². The van der Waals surface area contributed by atoms with Gasteiger partial charge in [0.15, 0.2) is 0 Å². The maximum absolute atomic E-state index is 13.2. The number of carbonyl (C=O) groups is 2. The number of rotatable bonds is 5. The van der Waals surface area contributed by atoms with Crippen molar-refractivity contribution in [2.45, 2.75) is 26.2 Å². The van der Waals surface area contributed by atoms with Crippen LogP contribution in [0.5, 0.6) is 0 Å². The van der Waals surface area contributed by atoms with Gasteiger partial charge in [0.1, 0.15) is 6.33 Å². The summed E-state index contributed by atoms with van der Waals surface area (Å²) in [5.41, 5.74) is 7.69. The van der Waals surface area contributed by atoms with E-state index in [1.807, 2.05) is 13.0 Å². The zero-order chi connectivity index (χ0) is 25.3. The van der Waals surface area contributed by atoms with Crippen LogP contribution in [0.15, 0.2) is 71.8 Å². The second-order valence-electron chi connectivity index (χ2n) is 8.76. The van der Waals surface area contributed by atoms with Gasteiger partial charge in [0.25, 0.3) is 17.4 Å². The van der Waals surface area contributed by atoms with Crippen molar-refractivity contribution in [3.8, 4) is 11.8 Å². The Morgan fingerprint density at radius 2 is 1.83 bits per heavy atom. The zero-order valence-electron chi connectivity index (χ0n) is 19.5. The van der Waals surface area contributed by atoms with Gasteiger partial charge in [-0.15, -0.1) is 0 Å². The quantitative estimate of drug-likeness (QED) is 0.462. The highest BCUT2D eigenvalue weighted by Gasteiger charge is 2.21. The molecule has 35 heavy (non-hydrogen) atoms. The van der Waals surface area contributed by atoms with Crippen LogP contribution in [0.4, 0.5) is 5.69 Å². The highest BCUT2D eigenvalue weighted by Crippen LogP contribution is 2.24. The normalized spacial score (nSPS) is 11.1. The Morgan fingerprint density at radius 1 is 1.09 bits per heavy atom.